The van der Waals surface area contributed by atoms with Gasteiger partial charge < -0.3 is 5.11 Å². The first kappa shape index (κ1) is 11.2. The van der Waals surface area contributed by atoms with Gasteiger partial charge in [-0.05, 0) is 5.92 Å². The Morgan fingerprint density at radius 2 is 2.07 bits per heavy atom. The van der Waals surface area contributed by atoms with E-state index in [-0.39, 0.29) is 5.92 Å². The third-order valence-electron chi connectivity index (χ3n) is 2.04. The van der Waals surface area contributed by atoms with E-state index in [1.54, 1.807) is 13.8 Å². The van der Waals surface area contributed by atoms with Crippen LogP contribution in [0.5, 0.6) is 0 Å². The molecule has 6 heteroatoms. The highest BCUT2D eigenvalue weighted by Gasteiger charge is 2.24. The van der Waals surface area contributed by atoms with Crippen molar-refractivity contribution < 1.29 is 9.90 Å². The first-order chi connectivity index (χ1) is 6.93. The van der Waals surface area contributed by atoms with Crippen LogP contribution in [-0.4, -0.2) is 20.6 Å². The van der Waals surface area contributed by atoms with Gasteiger partial charge in [-0.1, -0.05) is 13.8 Å². The molecule has 0 saturated carbocycles. The molecule has 0 spiro atoms. The van der Waals surface area contributed by atoms with Crippen molar-refractivity contribution in [1.82, 2.24) is 9.55 Å². The molecule has 2 N–H and O–H groups in total. The number of carbonyl (C=O) groups is 1. The molecule has 0 amide bonds. The Hall–Kier alpha value is -1.85. The molecule has 1 heterocycles. The molecular formula is C9H12N2O4. The molecule has 1 aromatic heterocycles. The Balaban J connectivity index is 3.30. The summed E-state index contributed by atoms with van der Waals surface area (Å²) in [6, 6.07) is 0.161. The number of nitrogens with one attached hydrogen (secondary N) is 1. The first-order valence-electron chi connectivity index (χ1n) is 4.47. The number of nitrogens with zero attached hydrogens (tertiary/aromatic N) is 1. The van der Waals surface area contributed by atoms with E-state index in [9.17, 15) is 14.4 Å². The third kappa shape index (κ3) is 2.34. The quantitative estimate of drug-likeness (QED) is 0.726. The van der Waals surface area contributed by atoms with Crippen molar-refractivity contribution in [1.29, 1.82) is 0 Å². The average molecular weight is 212 g/mol. The first-order valence-corrected chi connectivity index (χ1v) is 4.47. The molecule has 6 nitrogen and oxygen atoms in total. The van der Waals surface area contributed by atoms with E-state index >= 15 is 0 Å². The van der Waals surface area contributed by atoms with Gasteiger partial charge in [0.1, 0.15) is 6.04 Å². The highest BCUT2D eigenvalue weighted by molar-refractivity contribution is 5.72. The zero-order chi connectivity index (χ0) is 11.6. The molecule has 1 aromatic rings. The van der Waals surface area contributed by atoms with Gasteiger partial charge in [0, 0.05) is 12.3 Å². The molecule has 0 saturated heterocycles. The number of carboxylic acid groups (broad SMARTS) is 1. The second-order valence-electron chi connectivity index (χ2n) is 3.54. The van der Waals surface area contributed by atoms with Crippen molar-refractivity contribution in [3.05, 3.63) is 33.1 Å². The summed E-state index contributed by atoms with van der Waals surface area (Å²) >= 11 is 0. The topological polar surface area (TPSA) is 92.2 Å². The number of carboxylic acids is 1. The number of aromatic amines is 1. The lowest BCUT2D eigenvalue weighted by atomic mass is 10.0. The molecule has 0 aliphatic carbocycles. The van der Waals surface area contributed by atoms with E-state index in [2.05, 4.69) is 0 Å². The van der Waals surface area contributed by atoms with Crippen LogP contribution in [0, 0.1) is 5.92 Å². The molecule has 15 heavy (non-hydrogen) atoms. The molecule has 1 rings (SSSR count). The summed E-state index contributed by atoms with van der Waals surface area (Å²) in [6.07, 6.45) is 1.19. The van der Waals surface area contributed by atoms with Crippen molar-refractivity contribution in [2.45, 2.75) is 19.9 Å². The highest BCUT2D eigenvalue weighted by atomic mass is 16.4. The molecular weight excluding hydrogens is 200 g/mol. The van der Waals surface area contributed by atoms with Crippen LogP contribution in [0.4, 0.5) is 0 Å². The molecule has 0 aromatic carbocycles. The van der Waals surface area contributed by atoms with Crippen molar-refractivity contribution in [2.75, 3.05) is 0 Å². The Labute approximate surface area is 85.2 Å². The van der Waals surface area contributed by atoms with Gasteiger partial charge in [0.15, 0.2) is 0 Å². The van der Waals surface area contributed by atoms with Crippen LogP contribution >= 0.6 is 0 Å². The van der Waals surface area contributed by atoms with Gasteiger partial charge in [0.2, 0.25) is 0 Å². The van der Waals surface area contributed by atoms with E-state index in [0.717, 1.165) is 10.6 Å². The van der Waals surface area contributed by atoms with E-state index in [1.807, 2.05) is 4.98 Å². The smallest absolute Gasteiger partial charge is 0.329 e. The molecule has 1 unspecified atom stereocenters. The lowest BCUT2D eigenvalue weighted by Gasteiger charge is -2.17. The largest absolute Gasteiger partial charge is 0.480 e. The van der Waals surface area contributed by atoms with Gasteiger partial charge in [-0.3, -0.25) is 14.3 Å². The molecule has 0 aliphatic heterocycles. The Morgan fingerprint density at radius 3 is 2.47 bits per heavy atom. The lowest BCUT2D eigenvalue weighted by Crippen LogP contribution is -2.36. The zero-order valence-corrected chi connectivity index (χ0v) is 8.43. The van der Waals surface area contributed by atoms with E-state index in [4.69, 9.17) is 5.11 Å². The van der Waals surface area contributed by atoms with Gasteiger partial charge in [-0.25, -0.2) is 9.59 Å². The number of hydrogen-bond acceptors (Lipinski definition) is 3. The molecule has 1 atom stereocenters. The lowest BCUT2D eigenvalue weighted by molar-refractivity contribution is -0.142. The number of aromatic nitrogens is 2. The van der Waals surface area contributed by atoms with Gasteiger partial charge >= 0.3 is 11.7 Å². The minimum Gasteiger partial charge on any atom is -0.480 e. The summed E-state index contributed by atoms with van der Waals surface area (Å²) in [6.45, 7) is 3.38. The predicted octanol–water partition coefficient (Wildman–Crippen LogP) is -0.182. The summed E-state index contributed by atoms with van der Waals surface area (Å²) in [7, 11) is 0. The Bertz CT molecular complexity index is 471. The minimum absolute atomic E-state index is 0.244. The van der Waals surface area contributed by atoms with Crippen LogP contribution in [0.2, 0.25) is 0 Å². The maximum atomic E-state index is 11.3. The maximum absolute atomic E-state index is 11.3. The summed E-state index contributed by atoms with van der Waals surface area (Å²) in [5.41, 5.74) is -1.24. The molecule has 0 aliphatic rings. The number of H-pyrrole nitrogens is 1. The van der Waals surface area contributed by atoms with Gasteiger partial charge in [-0.2, -0.15) is 0 Å². The second-order valence-corrected chi connectivity index (χ2v) is 3.54. The van der Waals surface area contributed by atoms with Gasteiger partial charge in [0.25, 0.3) is 5.56 Å². The van der Waals surface area contributed by atoms with Crippen LogP contribution in [-0.2, 0) is 4.79 Å². The fraction of sp³-hybridized carbons (Fsp3) is 0.444. The summed E-state index contributed by atoms with van der Waals surface area (Å²) < 4.78 is 1.01. The maximum Gasteiger partial charge on any atom is 0.329 e. The van der Waals surface area contributed by atoms with Crippen LogP contribution in [0.15, 0.2) is 21.9 Å². The fourth-order valence-electron chi connectivity index (χ4n) is 1.37. The van der Waals surface area contributed by atoms with E-state index < -0.39 is 23.3 Å². The zero-order valence-electron chi connectivity index (χ0n) is 8.43. The minimum atomic E-state index is -1.10. The molecule has 82 valence electrons. The summed E-state index contributed by atoms with van der Waals surface area (Å²) in [5, 5.41) is 8.94. The highest BCUT2D eigenvalue weighted by Crippen LogP contribution is 2.14. The fourth-order valence-corrected chi connectivity index (χ4v) is 1.37. The van der Waals surface area contributed by atoms with Crippen molar-refractivity contribution >= 4 is 5.97 Å². The molecule has 0 fully saturated rings. The van der Waals surface area contributed by atoms with Crippen LogP contribution in [0.3, 0.4) is 0 Å². The summed E-state index contributed by atoms with van der Waals surface area (Å²) in [4.78, 5) is 35.1. The van der Waals surface area contributed by atoms with E-state index in [0.29, 0.717) is 0 Å². The molecule has 0 radical (unpaired) electrons. The number of rotatable bonds is 3. The monoisotopic (exact) mass is 212 g/mol. The summed E-state index contributed by atoms with van der Waals surface area (Å²) in [5.74, 6) is -1.34. The third-order valence-corrected chi connectivity index (χ3v) is 2.04. The Morgan fingerprint density at radius 1 is 1.47 bits per heavy atom. The van der Waals surface area contributed by atoms with Crippen LogP contribution in [0.25, 0.3) is 0 Å². The molecule has 0 bridgehead atoms. The van der Waals surface area contributed by atoms with Gasteiger partial charge in [0.05, 0.1) is 0 Å². The van der Waals surface area contributed by atoms with E-state index in [1.165, 1.54) is 6.20 Å². The van der Waals surface area contributed by atoms with Crippen molar-refractivity contribution in [2.24, 2.45) is 5.92 Å². The average Bonchev–Trinajstić information content (AvgIpc) is 2.08. The Kier molecular flexibility index (Phi) is 3.08. The van der Waals surface area contributed by atoms with Crippen LogP contribution in [0.1, 0.15) is 19.9 Å². The number of aliphatic carboxylic acids is 1. The SMILES string of the molecule is CC(C)C(C(=O)O)n1ccc(=O)[nH]c1=O. The number of hydrogen-bond donors (Lipinski definition) is 2. The predicted molar refractivity (Wildman–Crippen MR) is 52.8 cm³/mol. The second kappa shape index (κ2) is 4.12. The van der Waals surface area contributed by atoms with Crippen LogP contribution < -0.4 is 11.2 Å². The van der Waals surface area contributed by atoms with Crippen molar-refractivity contribution in [3.8, 4) is 0 Å². The normalized spacial score (nSPS) is 12.7. The van der Waals surface area contributed by atoms with Crippen molar-refractivity contribution in [3.63, 3.8) is 0 Å². The standard InChI is InChI=1S/C9H12N2O4/c1-5(2)7(8(13)14)11-4-3-6(12)10-9(11)15/h3-5,7H,1-2H3,(H,13,14)(H,10,12,15). The van der Waals surface area contributed by atoms with Gasteiger partial charge in [-0.15, -0.1) is 0 Å².